The fourth-order valence-corrected chi connectivity index (χ4v) is 4.79. The lowest BCUT2D eigenvalue weighted by Crippen LogP contribution is -2.42. The molecule has 1 aliphatic heterocycles. The van der Waals surface area contributed by atoms with Gasteiger partial charge in [0.25, 0.3) is 5.91 Å². The van der Waals surface area contributed by atoms with E-state index in [9.17, 15) is 18.0 Å². The monoisotopic (exact) mass is 382 g/mol. The van der Waals surface area contributed by atoms with Gasteiger partial charge in [0.2, 0.25) is 10.0 Å². The summed E-state index contributed by atoms with van der Waals surface area (Å²) >= 11 is 0. The number of piperidine rings is 1. The van der Waals surface area contributed by atoms with Crippen molar-refractivity contribution in [1.29, 1.82) is 0 Å². The zero-order valence-electron chi connectivity index (χ0n) is 15.4. The standard InChI is InChI=1S/C18H26N2O5S/c1-4-18(22)25-12-17(21)19-15-5-7-16(8-6-15)26(23,24)20-10-13(2)9-14(3)11-20/h5-8,13-14H,4,9-12H2,1-3H3,(H,19,21)/t13-,14-/m0/s1. The number of esters is 1. The third-order valence-electron chi connectivity index (χ3n) is 4.26. The average Bonchev–Trinajstić information content (AvgIpc) is 2.59. The molecule has 2 atom stereocenters. The number of nitrogens with one attached hydrogen (secondary N) is 1. The van der Waals surface area contributed by atoms with E-state index in [1.165, 1.54) is 28.6 Å². The second-order valence-electron chi connectivity index (χ2n) is 6.85. The highest BCUT2D eigenvalue weighted by molar-refractivity contribution is 7.89. The van der Waals surface area contributed by atoms with Crippen molar-refractivity contribution in [3.05, 3.63) is 24.3 Å². The Hall–Kier alpha value is -1.93. The minimum absolute atomic E-state index is 0.202. The highest BCUT2D eigenvalue weighted by atomic mass is 32.2. The topological polar surface area (TPSA) is 92.8 Å². The summed E-state index contributed by atoms with van der Waals surface area (Å²) in [5.41, 5.74) is 0.446. The smallest absolute Gasteiger partial charge is 0.306 e. The van der Waals surface area contributed by atoms with Crippen LogP contribution >= 0.6 is 0 Å². The number of anilines is 1. The molecule has 1 aromatic rings. The van der Waals surface area contributed by atoms with Crippen LogP contribution in [0.4, 0.5) is 5.69 Å². The van der Waals surface area contributed by atoms with E-state index >= 15 is 0 Å². The summed E-state index contributed by atoms with van der Waals surface area (Å²) in [5.74, 6) is -0.261. The summed E-state index contributed by atoms with van der Waals surface area (Å²) in [6, 6.07) is 6.02. The third kappa shape index (κ3) is 5.28. The Kier molecular flexibility index (Phi) is 6.77. The molecule has 8 heteroatoms. The first kappa shape index (κ1) is 20.4. The highest BCUT2D eigenvalue weighted by Gasteiger charge is 2.31. The van der Waals surface area contributed by atoms with Gasteiger partial charge in [-0.15, -0.1) is 0 Å². The van der Waals surface area contributed by atoms with Gasteiger partial charge in [0.15, 0.2) is 6.61 Å². The van der Waals surface area contributed by atoms with E-state index in [2.05, 4.69) is 19.2 Å². The summed E-state index contributed by atoms with van der Waals surface area (Å²) < 4.78 is 31.9. The number of benzene rings is 1. The quantitative estimate of drug-likeness (QED) is 0.762. The van der Waals surface area contributed by atoms with Crippen molar-refractivity contribution in [2.24, 2.45) is 11.8 Å². The van der Waals surface area contributed by atoms with Crippen molar-refractivity contribution in [2.75, 3.05) is 25.0 Å². The Morgan fingerprint density at radius 3 is 2.27 bits per heavy atom. The van der Waals surface area contributed by atoms with E-state index < -0.39 is 21.9 Å². The molecule has 0 radical (unpaired) electrons. The number of carbonyl (C=O) groups excluding carboxylic acids is 2. The molecule has 1 heterocycles. The minimum atomic E-state index is -3.55. The second-order valence-corrected chi connectivity index (χ2v) is 8.79. The molecule has 1 fully saturated rings. The van der Waals surface area contributed by atoms with E-state index in [0.29, 0.717) is 30.6 Å². The Morgan fingerprint density at radius 2 is 1.73 bits per heavy atom. The number of nitrogens with zero attached hydrogens (tertiary/aromatic N) is 1. The summed E-state index contributed by atoms with van der Waals surface area (Å²) in [7, 11) is -3.55. The first-order valence-electron chi connectivity index (χ1n) is 8.78. The average molecular weight is 382 g/mol. The Morgan fingerprint density at radius 1 is 1.15 bits per heavy atom. The van der Waals surface area contributed by atoms with E-state index in [1.807, 2.05) is 0 Å². The van der Waals surface area contributed by atoms with Gasteiger partial charge in [-0.2, -0.15) is 4.31 Å². The van der Waals surface area contributed by atoms with E-state index in [-0.39, 0.29) is 17.9 Å². The van der Waals surface area contributed by atoms with Gasteiger partial charge in [0, 0.05) is 25.2 Å². The molecule has 144 valence electrons. The lowest BCUT2D eigenvalue weighted by atomic mass is 9.94. The Balaban J connectivity index is 2.02. The van der Waals surface area contributed by atoms with Crippen LogP contribution in [0.5, 0.6) is 0 Å². The van der Waals surface area contributed by atoms with Crippen molar-refractivity contribution in [2.45, 2.75) is 38.5 Å². The van der Waals surface area contributed by atoms with Crippen LogP contribution in [0.15, 0.2) is 29.2 Å². The van der Waals surface area contributed by atoms with Crippen molar-refractivity contribution in [3.8, 4) is 0 Å². The first-order chi connectivity index (χ1) is 12.2. The third-order valence-corrected chi connectivity index (χ3v) is 6.11. The number of sulfonamides is 1. The lowest BCUT2D eigenvalue weighted by molar-refractivity contribution is -0.146. The number of carbonyl (C=O) groups is 2. The molecule has 1 amide bonds. The molecule has 0 bridgehead atoms. The predicted octanol–water partition coefficient (Wildman–Crippen LogP) is 2.24. The molecule has 1 aromatic carbocycles. The van der Waals surface area contributed by atoms with E-state index in [4.69, 9.17) is 4.74 Å². The molecule has 0 spiro atoms. The molecule has 7 nitrogen and oxygen atoms in total. The predicted molar refractivity (Wildman–Crippen MR) is 98.0 cm³/mol. The van der Waals surface area contributed by atoms with Gasteiger partial charge in [-0.3, -0.25) is 9.59 Å². The van der Waals surface area contributed by atoms with Crippen molar-refractivity contribution in [3.63, 3.8) is 0 Å². The van der Waals surface area contributed by atoms with Gasteiger partial charge in [-0.25, -0.2) is 8.42 Å². The molecular weight excluding hydrogens is 356 g/mol. The van der Waals surface area contributed by atoms with Crippen LogP contribution in [-0.2, 0) is 24.3 Å². The molecule has 1 aliphatic rings. The summed E-state index contributed by atoms with van der Waals surface area (Å²) in [6.45, 7) is 6.44. The largest absolute Gasteiger partial charge is 0.456 e. The maximum absolute atomic E-state index is 12.8. The zero-order valence-corrected chi connectivity index (χ0v) is 16.2. The van der Waals surface area contributed by atoms with E-state index in [0.717, 1.165) is 6.42 Å². The number of ether oxygens (including phenoxy) is 1. The Bertz CT molecular complexity index is 735. The Labute approximate surface area is 154 Å². The van der Waals surface area contributed by atoms with Crippen molar-refractivity contribution in [1.82, 2.24) is 4.31 Å². The van der Waals surface area contributed by atoms with Crippen LogP contribution in [0.2, 0.25) is 0 Å². The van der Waals surface area contributed by atoms with E-state index in [1.54, 1.807) is 6.92 Å². The molecule has 0 saturated carbocycles. The van der Waals surface area contributed by atoms with Gasteiger partial charge in [0.1, 0.15) is 0 Å². The molecule has 0 unspecified atom stereocenters. The fraction of sp³-hybridized carbons (Fsp3) is 0.556. The van der Waals surface area contributed by atoms with Crippen molar-refractivity contribution >= 4 is 27.6 Å². The van der Waals surface area contributed by atoms with Gasteiger partial charge in [-0.1, -0.05) is 20.8 Å². The summed E-state index contributed by atoms with van der Waals surface area (Å²) in [5, 5.41) is 2.57. The van der Waals surface area contributed by atoms with Crippen molar-refractivity contribution < 1.29 is 22.7 Å². The molecule has 26 heavy (non-hydrogen) atoms. The van der Waals surface area contributed by atoms with Crippen LogP contribution in [0.25, 0.3) is 0 Å². The zero-order chi connectivity index (χ0) is 19.3. The normalized spacial score (nSPS) is 21.2. The first-order valence-corrected chi connectivity index (χ1v) is 10.2. The molecular formula is C18H26N2O5S. The fourth-order valence-electron chi connectivity index (χ4n) is 3.11. The molecule has 2 rings (SSSR count). The van der Waals surface area contributed by atoms with Crippen LogP contribution in [0.1, 0.15) is 33.6 Å². The number of rotatable bonds is 6. The van der Waals surface area contributed by atoms with Crippen LogP contribution in [0.3, 0.4) is 0 Å². The molecule has 1 saturated heterocycles. The second kappa shape index (κ2) is 8.64. The molecule has 0 aliphatic carbocycles. The highest BCUT2D eigenvalue weighted by Crippen LogP contribution is 2.27. The van der Waals surface area contributed by atoms with Gasteiger partial charge >= 0.3 is 5.97 Å². The van der Waals surface area contributed by atoms with Crippen LogP contribution < -0.4 is 5.32 Å². The van der Waals surface area contributed by atoms with Crippen LogP contribution in [0, 0.1) is 11.8 Å². The number of hydrogen-bond donors (Lipinski definition) is 1. The summed E-state index contributed by atoms with van der Waals surface area (Å²) in [4.78, 5) is 23.0. The SMILES string of the molecule is CCC(=O)OCC(=O)Nc1ccc(S(=O)(=O)N2C[C@@H](C)C[C@H](C)C2)cc1. The summed E-state index contributed by atoms with van der Waals surface area (Å²) in [6.07, 6.45) is 1.23. The minimum Gasteiger partial charge on any atom is -0.456 e. The maximum atomic E-state index is 12.8. The van der Waals surface area contributed by atoms with Gasteiger partial charge in [0.05, 0.1) is 4.90 Å². The molecule has 0 aromatic heterocycles. The van der Waals surface area contributed by atoms with Gasteiger partial charge < -0.3 is 10.1 Å². The van der Waals surface area contributed by atoms with Crippen LogP contribution in [-0.4, -0.2) is 44.3 Å². The number of hydrogen-bond acceptors (Lipinski definition) is 5. The number of amides is 1. The maximum Gasteiger partial charge on any atom is 0.306 e. The van der Waals surface area contributed by atoms with Gasteiger partial charge in [-0.05, 0) is 42.5 Å². The molecule has 1 N–H and O–H groups in total. The lowest BCUT2D eigenvalue weighted by Gasteiger charge is -2.34.